The molecule has 1 aromatic heterocycles. The van der Waals surface area contributed by atoms with Gasteiger partial charge < -0.3 is 14.2 Å². The molecule has 1 atom stereocenters. The Labute approximate surface area is 163 Å². The van der Waals surface area contributed by atoms with Crippen LogP contribution in [0.2, 0.25) is 0 Å². The van der Waals surface area contributed by atoms with E-state index in [0.29, 0.717) is 0 Å². The number of para-hydroxylation sites is 1. The number of hydrogen-bond donors (Lipinski definition) is 1. The zero-order valence-corrected chi connectivity index (χ0v) is 16.2. The van der Waals surface area contributed by atoms with Crippen molar-refractivity contribution < 1.29 is 40.6 Å². The third kappa shape index (κ3) is 5.25. The van der Waals surface area contributed by atoms with Gasteiger partial charge in [-0.15, -0.1) is 0 Å². The maximum absolute atomic E-state index is 12.8. The molecule has 0 radical (unpaired) electrons. The number of aromatic nitrogens is 2. The first kappa shape index (κ1) is 22.2. The highest BCUT2D eigenvalue weighted by Crippen LogP contribution is 2.34. The normalized spacial score (nSPS) is 12.8. The summed E-state index contributed by atoms with van der Waals surface area (Å²) >= 11 is 0. The second kappa shape index (κ2) is 8.51. The molecule has 1 unspecified atom stereocenters. The third-order valence-electron chi connectivity index (χ3n) is 3.43. The van der Waals surface area contributed by atoms with E-state index >= 15 is 0 Å². The van der Waals surface area contributed by atoms with Gasteiger partial charge in [0.25, 0.3) is 0 Å². The van der Waals surface area contributed by atoms with Gasteiger partial charge in [0, 0.05) is 12.5 Å². The summed E-state index contributed by atoms with van der Waals surface area (Å²) < 4.78 is 78.1. The number of anilines is 1. The minimum absolute atomic E-state index is 0.0253. The second-order valence-electron chi connectivity index (χ2n) is 5.44. The smallest absolute Gasteiger partial charge is 0.481 e. The van der Waals surface area contributed by atoms with Crippen LogP contribution in [0.4, 0.5) is 18.9 Å². The van der Waals surface area contributed by atoms with Crippen LogP contribution in [0.1, 0.15) is 24.4 Å². The van der Waals surface area contributed by atoms with Crippen molar-refractivity contribution in [2.45, 2.75) is 18.5 Å². The highest BCUT2D eigenvalue weighted by Gasteiger charge is 2.46. The van der Waals surface area contributed by atoms with Gasteiger partial charge in [-0.1, -0.05) is 18.2 Å². The molecule has 2 aromatic rings. The number of methoxy groups -OCH3 is 2. The van der Waals surface area contributed by atoms with E-state index in [-0.39, 0.29) is 23.1 Å². The quantitative estimate of drug-likeness (QED) is 0.659. The number of nitrogens with zero attached hydrogens (tertiary/aromatic N) is 2. The molecule has 0 aliphatic heterocycles. The molecule has 0 fully saturated rings. The Bertz CT molecular complexity index is 975. The van der Waals surface area contributed by atoms with Gasteiger partial charge in [-0.3, -0.25) is 9.52 Å². The number of sulfonamides is 1. The van der Waals surface area contributed by atoms with Crippen molar-refractivity contribution in [3.8, 4) is 11.8 Å². The molecular formula is C16H16F3N3O6S. The van der Waals surface area contributed by atoms with E-state index in [4.69, 9.17) is 14.2 Å². The zero-order valence-electron chi connectivity index (χ0n) is 15.4. The topological polar surface area (TPSA) is 117 Å². The van der Waals surface area contributed by atoms with Crippen LogP contribution in [0.5, 0.6) is 11.8 Å². The van der Waals surface area contributed by atoms with Crippen LogP contribution in [-0.2, 0) is 19.6 Å². The third-order valence-corrected chi connectivity index (χ3v) is 4.52. The Morgan fingerprint density at radius 3 is 2.14 bits per heavy atom. The molecule has 158 valence electrons. The van der Waals surface area contributed by atoms with E-state index in [0.717, 1.165) is 13.0 Å². The summed E-state index contributed by atoms with van der Waals surface area (Å²) in [5.74, 6) is -0.960. The molecule has 0 spiro atoms. The number of esters is 1. The van der Waals surface area contributed by atoms with E-state index in [1.165, 1.54) is 43.2 Å². The molecule has 1 heterocycles. The molecule has 1 aromatic carbocycles. The zero-order chi connectivity index (χ0) is 21.8. The molecule has 9 nitrogen and oxygen atoms in total. The van der Waals surface area contributed by atoms with Crippen LogP contribution in [0.3, 0.4) is 0 Å². The summed E-state index contributed by atoms with van der Waals surface area (Å²) in [6.07, 6.45) is -1.45. The number of halogens is 3. The molecule has 0 bridgehead atoms. The van der Waals surface area contributed by atoms with Crippen LogP contribution < -0.4 is 14.2 Å². The Balaban J connectivity index is 2.62. The van der Waals surface area contributed by atoms with Crippen molar-refractivity contribution >= 4 is 21.7 Å². The van der Waals surface area contributed by atoms with E-state index < -0.39 is 33.3 Å². The highest BCUT2D eigenvalue weighted by molar-refractivity contribution is 7.93. The fourth-order valence-electron chi connectivity index (χ4n) is 2.19. The maximum Gasteiger partial charge on any atom is 0.516 e. The summed E-state index contributed by atoms with van der Waals surface area (Å²) in [7, 11) is -3.12. The van der Waals surface area contributed by atoms with Crippen LogP contribution in [0, 0.1) is 0 Å². The molecule has 29 heavy (non-hydrogen) atoms. The fraction of sp³-hybridized carbons (Fsp3) is 0.312. The number of carbonyl (C=O) groups is 1. The average molecular weight is 435 g/mol. The molecule has 0 aliphatic carbocycles. The number of hydrogen-bond acceptors (Lipinski definition) is 8. The standard InChI is InChI=1S/C16H16F3N3O6S/c1-9(23)28-14(15-20-12(26-2)8-13(21-15)27-3)10-6-4-5-7-11(10)22-29(24,25)16(17,18)19/h4-8,14,22H,1-3H3. The summed E-state index contributed by atoms with van der Waals surface area (Å²) in [5.41, 5.74) is -6.15. The first-order chi connectivity index (χ1) is 13.5. The lowest BCUT2D eigenvalue weighted by Gasteiger charge is -2.21. The number of rotatable bonds is 7. The van der Waals surface area contributed by atoms with Crippen LogP contribution >= 0.6 is 0 Å². The fourth-order valence-corrected chi connectivity index (χ4v) is 2.78. The van der Waals surface area contributed by atoms with E-state index in [9.17, 15) is 26.4 Å². The number of nitrogens with one attached hydrogen (secondary N) is 1. The SMILES string of the molecule is COc1cc(OC)nc(C(OC(C)=O)c2ccccc2NS(=O)(=O)C(F)(F)F)n1. The summed E-state index contributed by atoms with van der Waals surface area (Å²) in [6.45, 7) is 1.06. The largest absolute Gasteiger partial charge is 0.516 e. The van der Waals surface area contributed by atoms with Gasteiger partial charge in [-0.2, -0.15) is 31.6 Å². The number of benzene rings is 1. The monoisotopic (exact) mass is 435 g/mol. The Kier molecular flexibility index (Phi) is 6.51. The lowest BCUT2D eigenvalue weighted by atomic mass is 10.1. The average Bonchev–Trinajstić information content (AvgIpc) is 2.65. The van der Waals surface area contributed by atoms with Crippen LogP contribution in [-0.4, -0.2) is 44.1 Å². The lowest BCUT2D eigenvalue weighted by molar-refractivity contribution is -0.145. The van der Waals surface area contributed by atoms with Gasteiger partial charge in [0.1, 0.15) is 0 Å². The van der Waals surface area contributed by atoms with Crippen molar-refractivity contribution in [1.29, 1.82) is 0 Å². The van der Waals surface area contributed by atoms with E-state index in [2.05, 4.69) is 9.97 Å². The molecule has 2 rings (SSSR count). The predicted molar refractivity (Wildman–Crippen MR) is 93.8 cm³/mol. The molecule has 0 saturated heterocycles. The van der Waals surface area contributed by atoms with Gasteiger partial charge in [-0.05, 0) is 6.07 Å². The van der Waals surface area contributed by atoms with Gasteiger partial charge in [0.2, 0.25) is 11.8 Å². The Hall–Kier alpha value is -3.09. The number of ether oxygens (including phenoxy) is 3. The number of alkyl halides is 3. The first-order valence-corrected chi connectivity index (χ1v) is 9.29. The first-order valence-electron chi connectivity index (χ1n) is 7.80. The maximum atomic E-state index is 12.8. The van der Waals surface area contributed by atoms with Crippen molar-refractivity contribution in [2.75, 3.05) is 18.9 Å². The number of carbonyl (C=O) groups excluding carboxylic acids is 1. The van der Waals surface area contributed by atoms with Crippen molar-refractivity contribution in [2.24, 2.45) is 0 Å². The van der Waals surface area contributed by atoms with Crippen molar-refractivity contribution in [3.05, 3.63) is 41.7 Å². The molecule has 1 N–H and O–H groups in total. The minimum Gasteiger partial charge on any atom is -0.481 e. The second-order valence-corrected chi connectivity index (χ2v) is 7.11. The summed E-state index contributed by atoms with van der Waals surface area (Å²) in [6, 6.07) is 6.38. The minimum atomic E-state index is -5.72. The van der Waals surface area contributed by atoms with Gasteiger partial charge in [-0.25, -0.2) is 0 Å². The van der Waals surface area contributed by atoms with Gasteiger partial charge >= 0.3 is 21.5 Å². The summed E-state index contributed by atoms with van der Waals surface area (Å²) in [5, 5.41) is 0. The molecule has 13 heteroatoms. The highest BCUT2D eigenvalue weighted by atomic mass is 32.2. The van der Waals surface area contributed by atoms with Gasteiger partial charge in [0.15, 0.2) is 11.9 Å². The Morgan fingerprint density at radius 1 is 1.10 bits per heavy atom. The van der Waals surface area contributed by atoms with E-state index in [1.807, 2.05) is 0 Å². The van der Waals surface area contributed by atoms with Crippen molar-refractivity contribution in [1.82, 2.24) is 9.97 Å². The Morgan fingerprint density at radius 2 is 1.66 bits per heavy atom. The molecular weight excluding hydrogens is 419 g/mol. The molecule has 0 saturated carbocycles. The van der Waals surface area contributed by atoms with Crippen LogP contribution in [0.25, 0.3) is 0 Å². The molecule has 0 aliphatic rings. The van der Waals surface area contributed by atoms with Crippen molar-refractivity contribution in [3.63, 3.8) is 0 Å². The lowest BCUT2D eigenvalue weighted by Crippen LogP contribution is -2.30. The predicted octanol–water partition coefficient (Wildman–Crippen LogP) is 2.41. The molecule has 0 amide bonds. The summed E-state index contributed by atoms with van der Waals surface area (Å²) in [4.78, 5) is 19.7. The van der Waals surface area contributed by atoms with Gasteiger partial charge in [0.05, 0.1) is 26.0 Å². The van der Waals surface area contributed by atoms with E-state index in [1.54, 1.807) is 0 Å². The van der Waals surface area contributed by atoms with Crippen LogP contribution in [0.15, 0.2) is 30.3 Å².